The lowest BCUT2D eigenvalue weighted by atomic mass is 10.2. The van der Waals surface area contributed by atoms with Gasteiger partial charge >= 0.3 is 0 Å². The molecule has 0 aliphatic carbocycles. The molecule has 0 aliphatic rings. The summed E-state index contributed by atoms with van der Waals surface area (Å²) in [6, 6.07) is 13.9. The van der Waals surface area contributed by atoms with Crippen molar-refractivity contribution in [1.82, 2.24) is 0 Å². The van der Waals surface area contributed by atoms with Gasteiger partial charge in [-0.05, 0) is 55.0 Å². The number of amides is 1. The molecule has 11 heteroatoms. The van der Waals surface area contributed by atoms with Crippen molar-refractivity contribution in [3.8, 4) is 17.2 Å². The Morgan fingerprint density at radius 3 is 2.14 bits per heavy atom. The van der Waals surface area contributed by atoms with Gasteiger partial charge < -0.3 is 19.5 Å². The number of hydrogen-bond donors (Lipinski definition) is 1. The van der Waals surface area contributed by atoms with Gasteiger partial charge in [-0.15, -0.1) is 0 Å². The van der Waals surface area contributed by atoms with E-state index in [9.17, 15) is 13.2 Å². The Morgan fingerprint density at radius 1 is 0.857 bits per heavy atom. The predicted octanol–water partition coefficient (Wildman–Crippen LogP) is 5.16. The molecule has 0 saturated carbocycles. The van der Waals surface area contributed by atoms with Crippen LogP contribution in [0.2, 0.25) is 10.0 Å². The molecule has 186 valence electrons. The second kappa shape index (κ2) is 11.1. The summed E-state index contributed by atoms with van der Waals surface area (Å²) < 4.78 is 44.3. The molecule has 0 aliphatic heterocycles. The van der Waals surface area contributed by atoms with Gasteiger partial charge in [0.2, 0.25) is 5.91 Å². The molecule has 0 spiro atoms. The highest BCUT2D eigenvalue weighted by molar-refractivity contribution is 7.93. The number of carbonyl (C=O) groups excluding carboxylic acids is 1. The second-order valence-corrected chi connectivity index (χ2v) is 10.0. The second-order valence-electron chi connectivity index (χ2n) is 7.38. The fourth-order valence-electron chi connectivity index (χ4n) is 3.30. The number of benzene rings is 3. The van der Waals surface area contributed by atoms with Gasteiger partial charge in [-0.25, -0.2) is 8.42 Å². The minimum atomic E-state index is -4.26. The van der Waals surface area contributed by atoms with Crippen LogP contribution in [0.25, 0.3) is 0 Å². The van der Waals surface area contributed by atoms with Gasteiger partial charge in [0, 0.05) is 11.8 Å². The first kappa shape index (κ1) is 26.5. The Labute approximate surface area is 214 Å². The highest BCUT2D eigenvalue weighted by atomic mass is 35.5. The third kappa shape index (κ3) is 5.93. The summed E-state index contributed by atoms with van der Waals surface area (Å²) in [4.78, 5) is 12.9. The van der Waals surface area contributed by atoms with Crippen LogP contribution >= 0.6 is 23.2 Å². The number of halogens is 2. The van der Waals surface area contributed by atoms with Crippen molar-refractivity contribution >= 4 is 50.5 Å². The SMILES string of the molecule is COc1ccc(NC(=O)CN(c2ccc(Cl)c(Cl)c2)S(=O)(=O)c2cc(C)ccc2OC)cc1OC. The lowest BCUT2D eigenvalue weighted by Crippen LogP contribution is -2.38. The van der Waals surface area contributed by atoms with Crippen molar-refractivity contribution in [3.63, 3.8) is 0 Å². The molecule has 1 amide bonds. The van der Waals surface area contributed by atoms with E-state index in [0.29, 0.717) is 22.7 Å². The molecule has 0 unspecified atom stereocenters. The van der Waals surface area contributed by atoms with Gasteiger partial charge in [0.05, 0.1) is 37.1 Å². The van der Waals surface area contributed by atoms with E-state index in [1.807, 2.05) is 0 Å². The number of sulfonamides is 1. The van der Waals surface area contributed by atoms with Crippen LogP contribution in [-0.2, 0) is 14.8 Å². The van der Waals surface area contributed by atoms with E-state index in [1.54, 1.807) is 37.3 Å². The molecule has 8 nitrogen and oxygen atoms in total. The van der Waals surface area contributed by atoms with E-state index < -0.39 is 22.5 Å². The van der Waals surface area contributed by atoms with Crippen molar-refractivity contribution in [2.75, 3.05) is 37.5 Å². The third-order valence-electron chi connectivity index (χ3n) is 5.03. The van der Waals surface area contributed by atoms with Gasteiger partial charge in [0.15, 0.2) is 11.5 Å². The summed E-state index contributed by atoms with van der Waals surface area (Å²) in [5, 5.41) is 3.07. The summed E-state index contributed by atoms with van der Waals surface area (Å²) in [6.07, 6.45) is 0. The van der Waals surface area contributed by atoms with Crippen molar-refractivity contribution in [2.24, 2.45) is 0 Å². The Balaban J connectivity index is 2.02. The highest BCUT2D eigenvalue weighted by Gasteiger charge is 2.30. The molecule has 0 saturated heterocycles. The maximum atomic E-state index is 13.8. The molecule has 0 bridgehead atoms. The fraction of sp³-hybridized carbons (Fsp3) is 0.208. The first-order valence-electron chi connectivity index (χ1n) is 10.2. The van der Waals surface area contributed by atoms with Gasteiger partial charge in [0.1, 0.15) is 17.2 Å². The van der Waals surface area contributed by atoms with Crippen LogP contribution in [0.4, 0.5) is 11.4 Å². The number of anilines is 2. The summed E-state index contributed by atoms with van der Waals surface area (Å²) >= 11 is 12.2. The lowest BCUT2D eigenvalue weighted by Gasteiger charge is -2.25. The van der Waals surface area contributed by atoms with Crippen LogP contribution < -0.4 is 23.8 Å². The van der Waals surface area contributed by atoms with E-state index in [-0.39, 0.29) is 26.4 Å². The maximum absolute atomic E-state index is 13.8. The Morgan fingerprint density at radius 2 is 1.51 bits per heavy atom. The smallest absolute Gasteiger partial charge is 0.268 e. The minimum absolute atomic E-state index is 0.0926. The quantitative estimate of drug-likeness (QED) is 0.404. The maximum Gasteiger partial charge on any atom is 0.268 e. The Bertz CT molecular complexity index is 1350. The summed E-state index contributed by atoms with van der Waals surface area (Å²) in [6.45, 7) is 1.21. The van der Waals surface area contributed by atoms with Crippen LogP contribution in [0.15, 0.2) is 59.5 Å². The normalized spacial score (nSPS) is 11.0. The van der Waals surface area contributed by atoms with Crippen LogP contribution in [0.1, 0.15) is 5.56 Å². The standard InChI is InChI=1S/C24H24Cl2N2O6S/c1-15-5-9-21(33-3)23(11-15)35(30,31)28(17-7-8-18(25)19(26)13-17)14-24(29)27-16-6-10-20(32-2)22(12-16)34-4/h5-13H,14H2,1-4H3,(H,27,29). The predicted molar refractivity (Wildman–Crippen MR) is 137 cm³/mol. The average Bonchev–Trinajstić information content (AvgIpc) is 2.84. The number of nitrogens with one attached hydrogen (secondary N) is 1. The van der Waals surface area contributed by atoms with Gasteiger partial charge in [0.25, 0.3) is 10.0 Å². The molecule has 0 fully saturated rings. The molecule has 35 heavy (non-hydrogen) atoms. The van der Waals surface area contributed by atoms with Crippen molar-refractivity contribution in [3.05, 3.63) is 70.2 Å². The highest BCUT2D eigenvalue weighted by Crippen LogP contribution is 2.34. The number of aryl methyl sites for hydroxylation is 1. The number of nitrogens with zero attached hydrogens (tertiary/aromatic N) is 1. The zero-order valence-corrected chi connectivity index (χ0v) is 21.8. The molecule has 1 N–H and O–H groups in total. The lowest BCUT2D eigenvalue weighted by molar-refractivity contribution is -0.114. The summed E-state index contributed by atoms with van der Waals surface area (Å²) in [7, 11) is 0.0784. The fourth-order valence-corrected chi connectivity index (χ4v) is 5.25. The number of methoxy groups -OCH3 is 3. The van der Waals surface area contributed by atoms with Crippen LogP contribution in [0.3, 0.4) is 0 Å². The molecule has 0 atom stereocenters. The summed E-state index contributed by atoms with van der Waals surface area (Å²) in [5.41, 5.74) is 1.26. The Kier molecular flexibility index (Phi) is 8.37. The van der Waals surface area contributed by atoms with E-state index in [0.717, 1.165) is 4.31 Å². The first-order chi connectivity index (χ1) is 16.6. The number of carbonyl (C=O) groups is 1. The van der Waals surface area contributed by atoms with Gasteiger partial charge in [-0.2, -0.15) is 0 Å². The topological polar surface area (TPSA) is 94.2 Å². The molecule has 3 rings (SSSR count). The molecule has 3 aromatic carbocycles. The van der Waals surface area contributed by atoms with E-state index in [2.05, 4.69) is 5.32 Å². The van der Waals surface area contributed by atoms with Crippen LogP contribution in [0.5, 0.6) is 17.2 Å². The molecular weight excluding hydrogens is 515 g/mol. The van der Waals surface area contributed by atoms with Crippen LogP contribution in [-0.4, -0.2) is 42.2 Å². The van der Waals surface area contributed by atoms with Gasteiger partial charge in [-0.3, -0.25) is 9.10 Å². The minimum Gasteiger partial charge on any atom is -0.495 e. The van der Waals surface area contributed by atoms with Crippen molar-refractivity contribution < 1.29 is 27.4 Å². The van der Waals surface area contributed by atoms with E-state index in [4.69, 9.17) is 37.4 Å². The van der Waals surface area contributed by atoms with Gasteiger partial charge in [-0.1, -0.05) is 29.3 Å². The third-order valence-corrected chi connectivity index (χ3v) is 7.57. The number of rotatable bonds is 9. The summed E-state index contributed by atoms with van der Waals surface area (Å²) in [5.74, 6) is 0.431. The van der Waals surface area contributed by atoms with E-state index in [1.165, 1.54) is 45.6 Å². The zero-order chi connectivity index (χ0) is 25.8. The zero-order valence-electron chi connectivity index (χ0n) is 19.5. The van der Waals surface area contributed by atoms with E-state index >= 15 is 0 Å². The van der Waals surface area contributed by atoms with Crippen molar-refractivity contribution in [1.29, 1.82) is 0 Å². The molecular formula is C24H24Cl2N2O6S. The largest absolute Gasteiger partial charge is 0.495 e. The molecule has 0 aromatic heterocycles. The molecule has 0 heterocycles. The Hall–Kier alpha value is -3.14. The van der Waals surface area contributed by atoms with Crippen molar-refractivity contribution in [2.45, 2.75) is 11.8 Å². The number of hydrogen-bond acceptors (Lipinski definition) is 6. The monoisotopic (exact) mass is 538 g/mol. The van der Waals surface area contributed by atoms with Crippen LogP contribution in [0, 0.1) is 6.92 Å². The molecule has 0 radical (unpaired) electrons. The number of ether oxygens (including phenoxy) is 3. The molecule has 3 aromatic rings. The average molecular weight is 539 g/mol. The first-order valence-corrected chi connectivity index (χ1v) is 12.4.